The summed E-state index contributed by atoms with van der Waals surface area (Å²) in [6.45, 7) is 3.07. The minimum absolute atomic E-state index is 0.0283. The molecule has 0 aliphatic rings. The van der Waals surface area contributed by atoms with Crippen LogP contribution in [0.5, 0.6) is 0 Å². The van der Waals surface area contributed by atoms with Gasteiger partial charge in [-0.05, 0) is 69.0 Å². The van der Waals surface area contributed by atoms with Crippen LogP contribution in [0.2, 0.25) is 0 Å². The van der Waals surface area contributed by atoms with Crippen LogP contribution < -0.4 is 4.72 Å². The molecule has 0 saturated heterocycles. The van der Waals surface area contributed by atoms with E-state index in [9.17, 15) is 12.8 Å². The van der Waals surface area contributed by atoms with Gasteiger partial charge in [-0.2, -0.15) is 0 Å². The van der Waals surface area contributed by atoms with Crippen LogP contribution >= 0.6 is 31.9 Å². The molecule has 0 atom stereocenters. The van der Waals surface area contributed by atoms with Gasteiger partial charge >= 0.3 is 0 Å². The number of benzene rings is 1. The van der Waals surface area contributed by atoms with E-state index in [0.717, 1.165) is 0 Å². The zero-order valence-corrected chi connectivity index (χ0v) is 15.0. The van der Waals surface area contributed by atoms with Crippen molar-refractivity contribution < 1.29 is 12.8 Å². The van der Waals surface area contributed by atoms with Crippen molar-refractivity contribution in [1.82, 2.24) is 9.97 Å². The van der Waals surface area contributed by atoms with E-state index in [-0.39, 0.29) is 15.3 Å². The molecule has 5 nitrogen and oxygen atoms in total. The lowest BCUT2D eigenvalue weighted by atomic mass is 10.1. The lowest BCUT2D eigenvalue weighted by Crippen LogP contribution is -2.17. The first-order valence-corrected chi connectivity index (χ1v) is 8.75. The summed E-state index contributed by atoms with van der Waals surface area (Å²) in [5.74, 6) is -0.421. The molecule has 0 radical (unpaired) electrons. The van der Waals surface area contributed by atoms with Gasteiger partial charge in [0.05, 0.1) is 11.1 Å². The van der Waals surface area contributed by atoms with Gasteiger partial charge in [-0.15, -0.1) is 0 Å². The van der Waals surface area contributed by atoms with Gasteiger partial charge in [0.25, 0.3) is 10.0 Å². The van der Waals surface area contributed by atoms with E-state index >= 15 is 0 Å². The maximum Gasteiger partial charge on any atom is 0.263 e. The third-order valence-corrected chi connectivity index (χ3v) is 5.20. The Hall–Kier alpha value is -1.06. The molecule has 0 amide bonds. The summed E-state index contributed by atoms with van der Waals surface area (Å²) in [4.78, 5) is 7.97. The number of hydrogen-bond donors (Lipinski definition) is 1. The minimum Gasteiger partial charge on any atom is -0.261 e. The van der Waals surface area contributed by atoms with Crippen LogP contribution in [0.25, 0.3) is 0 Å². The van der Waals surface area contributed by atoms with Crippen LogP contribution in [-0.2, 0) is 10.0 Å². The average molecular weight is 439 g/mol. The summed E-state index contributed by atoms with van der Waals surface area (Å²) < 4.78 is 41.2. The molecule has 112 valence electrons. The first-order chi connectivity index (χ1) is 9.70. The molecule has 1 aromatic carbocycles. The van der Waals surface area contributed by atoms with Crippen LogP contribution in [0.15, 0.2) is 32.4 Å². The molecular weight excluding hydrogens is 429 g/mol. The molecule has 2 aromatic rings. The molecule has 0 aliphatic carbocycles. The number of aromatic nitrogens is 2. The number of anilines is 1. The predicted molar refractivity (Wildman–Crippen MR) is 84.1 cm³/mol. The van der Waals surface area contributed by atoms with Crippen molar-refractivity contribution >= 4 is 47.7 Å². The summed E-state index contributed by atoms with van der Waals surface area (Å²) >= 11 is 6.26. The normalized spacial score (nSPS) is 11.5. The third kappa shape index (κ3) is 3.58. The number of aryl methyl sites for hydroxylation is 2. The molecule has 2 rings (SSSR count). The van der Waals surface area contributed by atoms with Gasteiger partial charge in [0, 0.05) is 0 Å². The Morgan fingerprint density at radius 3 is 2.29 bits per heavy atom. The van der Waals surface area contributed by atoms with Crippen molar-refractivity contribution in [1.29, 1.82) is 0 Å². The maximum atomic E-state index is 13.3. The van der Waals surface area contributed by atoms with Gasteiger partial charge in [0.1, 0.15) is 10.4 Å². The van der Waals surface area contributed by atoms with Crippen LogP contribution in [0.1, 0.15) is 11.1 Å². The second kappa shape index (κ2) is 5.98. The highest BCUT2D eigenvalue weighted by Gasteiger charge is 2.22. The average Bonchev–Trinajstić information content (AvgIpc) is 2.30. The number of nitrogens with one attached hydrogen (secondary N) is 1. The minimum atomic E-state index is -3.89. The summed E-state index contributed by atoms with van der Waals surface area (Å²) in [5.41, 5.74) is 0.641. The highest BCUT2D eigenvalue weighted by molar-refractivity contribution is 9.11. The lowest BCUT2D eigenvalue weighted by molar-refractivity contribution is 0.597. The number of rotatable bonds is 3. The van der Waals surface area contributed by atoms with Crippen LogP contribution in [0, 0.1) is 19.7 Å². The van der Waals surface area contributed by atoms with Crippen molar-refractivity contribution in [2.45, 2.75) is 18.7 Å². The molecule has 1 aromatic heterocycles. The largest absolute Gasteiger partial charge is 0.263 e. The Labute approximate surface area is 138 Å². The number of nitrogens with zero attached hydrogens (tertiary/aromatic N) is 2. The Morgan fingerprint density at radius 2 is 1.76 bits per heavy atom. The molecule has 0 saturated carbocycles. The number of hydrogen-bond acceptors (Lipinski definition) is 4. The zero-order chi connectivity index (χ0) is 15.8. The van der Waals surface area contributed by atoms with Crippen LogP contribution in [0.3, 0.4) is 0 Å². The topological polar surface area (TPSA) is 72.0 Å². The fourth-order valence-corrected chi connectivity index (χ4v) is 4.43. The highest BCUT2D eigenvalue weighted by Crippen LogP contribution is 2.26. The smallest absolute Gasteiger partial charge is 0.261 e. The van der Waals surface area contributed by atoms with Gasteiger partial charge in [-0.1, -0.05) is 0 Å². The van der Waals surface area contributed by atoms with Crippen molar-refractivity contribution in [3.05, 3.63) is 44.5 Å². The van der Waals surface area contributed by atoms with E-state index in [1.807, 2.05) is 0 Å². The highest BCUT2D eigenvalue weighted by atomic mass is 79.9. The zero-order valence-electron chi connectivity index (χ0n) is 11.0. The first-order valence-electron chi connectivity index (χ1n) is 5.68. The fourth-order valence-electron chi connectivity index (χ4n) is 1.91. The van der Waals surface area contributed by atoms with Gasteiger partial charge in [0.15, 0.2) is 10.4 Å². The quantitative estimate of drug-likeness (QED) is 0.795. The maximum absolute atomic E-state index is 13.3. The summed E-state index contributed by atoms with van der Waals surface area (Å²) in [5, 5.41) is 0. The van der Waals surface area contributed by atoms with Crippen LogP contribution in [-0.4, -0.2) is 18.4 Å². The van der Waals surface area contributed by atoms with Gasteiger partial charge in [0.2, 0.25) is 0 Å². The Morgan fingerprint density at radius 1 is 1.19 bits per heavy atom. The van der Waals surface area contributed by atoms with Crippen molar-refractivity contribution in [3.8, 4) is 0 Å². The molecule has 21 heavy (non-hydrogen) atoms. The standard InChI is InChI=1S/C12H10Br2FN3O2S/c1-6-3-8(15)4-7(2)10(6)21(19,20)18-12-11(14)17-9(13)5-16-12/h3-5H,1-2H3,(H,16,18). The molecule has 9 heteroatoms. The molecular formula is C12H10Br2FN3O2S. The van der Waals surface area contributed by atoms with E-state index < -0.39 is 15.8 Å². The van der Waals surface area contributed by atoms with Gasteiger partial charge in [-0.25, -0.2) is 22.8 Å². The molecule has 1 heterocycles. The molecule has 0 aliphatic heterocycles. The van der Waals surface area contributed by atoms with Crippen molar-refractivity contribution in [2.75, 3.05) is 4.72 Å². The fraction of sp³-hybridized carbons (Fsp3) is 0.167. The SMILES string of the molecule is Cc1cc(F)cc(C)c1S(=O)(=O)Nc1ncc(Br)nc1Br. The Kier molecular flexibility index (Phi) is 4.64. The Bertz CT molecular complexity index is 789. The van der Waals surface area contributed by atoms with Gasteiger partial charge in [-0.3, -0.25) is 4.72 Å². The molecule has 1 N–H and O–H groups in total. The Balaban J connectivity index is 2.48. The van der Waals surface area contributed by atoms with E-state index in [0.29, 0.717) is 15.7 Å². The van der Waals surface area contributed by atoms with E-state index in [2.05, 4.69) is 46.5 Å². The summed E-state index contributed by atoms with van der Waals surface area (Å²) in [6, 6.07) is 2.34. The molecule has 0 fully saturated rings. The number of sulfonamides is 1. The monoisotopic (exact) mass is 437 g/mol. The second-order valence-corrected chi connectivity index (χ2v) is 7.49. The third-order valence-electron chi connectivity index (χ3n) is 2.63. The van der Waals surface area contributed by atoms with Crippen molar-refractivity contribution in [2.24, 2.45) is 0 Å². The van der Waals surface area contributed by atoms with Crippen molar-refractivity contribution in [3.63, 3.8) is 0 Å². The molecule has 0 bridgehead atoms. The second-order valence-electron chi connectivity index (χ2n) is 4.31. The first kappa shape index (κ1) is 16.3. The van der Waals surface area contributed by atoms with E-state index in [4.69, 9.17) is 0 Å². The van der Waals surface area contributed by atoms with E-state index in [1.165, 1.54) is 32.2 Å². The van der Waals surface area contributed by atoms with Crippen LogP contribution in [0.4, 0.5) is 10.2 Å². The van der Waals surface area contributed by atoms with E-state index in [1.54, 1.807) is 0 Å². The summed E-state index contributed by atoms with van der Waals surface area (Å²) in [6.07, 6.45) is 1.37. The summed E-state index contributed by atoms with van der Waals surface area (Å²) in [7, 11) is -3.89. The molecule has 0 unspecified atom stereocenters. The van der Waals surface area contributed by atoms with Gasteiger partial charge < -0.3 is 0 Å². The lowest BCUT2D eigenvalue weighted by Gasteiger charge is -2.13. The predicted octanol–water partition coefficient (Wildman–Crippen LogP) is 3.56. The molecule has 0 spiro atoms. The number of halogens is 3.